The van der Waals surface area contributed by atoms with Gasteiger partial charge in [0.2, 0.25) is 11.8 Å². The van der Waals surface area contributed by atoms with Crippen LogP contribution in [0.25, 0.3) is 0 Å². The Kier molecular flexibility index (Phi) is 9.84. The lowest BCUT2D eigenvalue weighted by atomic mass is 10.1. The van der Waals surface area contributed by atoms with Crippen LogP contribution >= 0.6 is 0 Å². The van der Waals surface area contributed by atoms with E-state index in [-0.39, 0.29) is 29.1 Å². The van der Waals surface area contributed by atoms with Crippen molar-refractivity contribution in [2.75, 3.05) is 10.8 Å². The highest BCUT2D eigenvalue weighted by atomic mass is 32.2. The van der Waals surface area contributed by atoms with Crippen molar-refractivity contribution in [1.29, 1.82) is 0 Å². The second-order valence-corrected chi connectivity index (χ2v) is 12.9. The fourth-order valence-electron chi connectivity index (χ4n) is 5.07. The molecule has 0 heterocycles. The third-order valence-corrected chi connectivity index (χ3v) is 9.48. The van der Waals surface area contributed by atoms with Crippen molar-refractivity contribution >= 4 is 27.5 Å². The van der Waals surface area contributed by atoms with E-state index in [0.29, 0.717) is 15.9 Å². The molecule has 0 bridgehead atoms. The Balaban J connectivity index is 1.73. The minimum absolute atomic E-state index is 0.000618. The number of alkyl halides is 3. The van der Waals surface area contributed by atoms with E-state index in [0.717, 1.165) is 48.9 Å². The quantitative estimate of drug-likeness (QED) is 0.304. The van der Waals surface area contributed by atoms with Crippen LogP contribution in [0.15, 0.2) is 77.7 Å². The summed E-state index contributed by atoms with van der Waals surface area (Å²) < 4.78 is 69.3. The van der Waals surface area contributed by atoms with Gasteiger partial charge in [0.05, 0.1) is 16.1 Å². The molecule has 1 N–H and O–H groups in total. The maximum absolute atomic E-state index is 14.0. The zero-order valence-corrected chi connectivity index (χ0v) is 25.2. The number of rotatable bonds is 10. The molecule has 0 aliphatic heterocycles. The van der Waals surface area contributed by atoms with Gasteiger partial charge in [0.1, 0.15) is 12.6 Å². The molecule has 1 saturated carbocycles. The van der Waals surface area contributed by atoms with Crippen molar-refractivity contribution in [2.24, 2.45) is 0 Å². The van der Waals surface area contributed by atoms with E-state index in [9.17, 15) is 31.2 Å². The van der Waals surface area contributed by atoms with Crippen LogP contribution in [0.1, 0.15) is 54.9 Å². The van der Waals surface area contributed by atoms with Crippen molar-refractivity contribution in [1.82, 2.24) is 10.2 Å². The van der Waals surface area contributed by atoms with Crippen molar-refractivity contribution in [3.63, 3.8) is 0 Å². The summed E-state index contributed by atoms with van der Waals surface area (Å²) in [4.78, 5) is 28.4. The monoisotopic (exact) mass is 615 g/mol. The molecule has 2 amide bonds. The molecular weight excluding hydrogens is 579 g/mol. The number of nitrogens with one attached hydrogen (secondary N) is 1. The van der Waals surface area contributed by atoms with Crippen LogP contribution in [0, 0.1) is 13.8 Å². The van der Waals surface area contributed by atoms with Gasteiger partial charge < -0.3 is 10.2 Å². The molecule has 1 atom stereocenters. The predicted molar refractivity (Wildman–Crippen MR) is 159 cm³/mol. The van der Waals surface area contributed by atoms with E-state index in [1.54, 1.807) is 26.0 Å². The molecule has 0 saturated heterocycles. The van der Waals surface area contributed by atoms with Gasteiger partial charge in [-0.25, -0.2) is 8.42 Å². The first-order valence-corrected chi connectivity index (χ1v) is 15.6. The first kappa shape index (κ1) is 32.1. The van der Waals surface area contributed by atoms with E-state index in [4.69, 9.17) is 0 Å². The Morgan fingerprint density at radius 1 is 0.930 bits per heavy atom. The lowest BCUT2D eigenvalue weighted by Crippen LogP contribution is -2.52. The molecule has 0 aromatic heterocycles. The van der Waals surface area contributed by atoms with Crippen LogP contribution in [0.4, 0.5) is 18.9 Å². The molecular formula is C32H36F3N3O4S. The molecule has 3 aromatic rings. The summed E-state index contributed by atoms with van der Waals surface area (Å²) in [6, 6.07) is 16.0. The van der Waals surface area contributed by atoms with Gasteiger partial charge in [-0.05, 0) is 69.5 Å². The topological polar surface area (TPSA) is 86.8 Å². The SMILES string of the molecule is Cc1ccc(CN(C(=O)CN(c2cccc(C(F)(F)F)c2)S(=O)(=O)c2ccc(C)cc2)C(C)C(=O)NC2CCCC2)cc1. The van der Waals surface area contributed by atoms with Gasteiger partial charge in [-0.3, -0.25) is 13.9 Å². The summed E-state index contributed by atoms with van der Waals surface area (Å²) in [5.41, 5.74) is 1.12. The van der Waals surface area contributed by atoms with Gasteiger partial charge in [-0.1, -0.05) is 66.4 Å². The maximum Gasteiger partial charge on any atom is 0.416 e. The summed E-state index contributed by atoms with van der Waals surface area (Å²) in [6.45, 7) is 4.43. The minimum Gasteiger partial charge on any atom is -0.352 e. The molecule has 7 nitrogen and oxygen atoms in total. The molecule has 0 spiro atoms. The summed E-state index contributed by atoms with van der Waals surface area (Å²) in [5.74, 6) is -1.11. The van der Waals surface area contributed by atoms with Gasteiger partial charge in [-0.2, -0.15) is 13.2 Å². The molecule has 4 rings (SSSR count). The first-order valence-electron chi connectivity index (χ1n) is 14.2. The Labute approximate surface area is 250 Å². The van der Waals surface area contributed by atoms with Crippen molar-refractivity contribution in [2.45, 2.75) is 76.2 Å². The van der Waals surface area contributed by atoms with E-state index in [1.165, 1.54) is 23.1 Å². The fraction of sp³-hybridized carbons (Fsp3) is 0.375. The zero-order valence-electron chi connectivity index (χ0n) is 24.4. The Morgan fingerprint density at radius 2 is 1.51 bits per heavy atom. The smallest absolute Gasteiger partial charge is 0.352 e. The van der Waals surface area contributed by atoms with Gasteiger partial charge in [0.15, 0.2) is 0 Å². The summed E-state index contributed by atoms with van der Waals surface area (Å²) in [5, 5.41) is 2.99. The van der Waals surface area contributed by atoms with Gasteiger partial charge in [0.25, 0.3) is 10.0 Å². The van der Waals surface area contributed by atoms with Crippen molar-refractivity contribution < 1.29 is 31.2 Å². The van der Waals surface area contributed by atoms with Crippen molar-refractivity contribution in [3.8, 4) is 0 Å². The van der Waals surface area contributed by atoms with Crippen LogP contribution in [-0.4, -0.2) is 43.8 Å². The molecule has 1 fully saturated rings. The van der Waals surface area contributed by atoms with E-state index in [2.05, 4.69) is 5.32 Å². The average molecular weight is 616 g/mol. The number of carbonyl (C=O) groups excluding carboxylic acids is 2. The number of aryl methyl sites for hydroxylation is 2. The third-order valence-electron chi connectivity index (χ3n) is 7.69. The number of nitrogens with zero attached hydrogens (tertiary/aromatic N) is 2. The van der Waals surface area contributed by atoms with Crippen LogP contribution in [0.2, 0.25) is 0 Å². The number of hydrogen-bond acceptors (Lipinski definition) is 4. The molecule has 1 aliphatic rings. The number of hydrogen-bond donors (Lipinski definition) is 1. The summed E-state index contributed by atoms with van der Waals surface area (Å²) in [6.07, 6.45) is -1.07. The molecule has 230 valence electrons. The van der Waals surface area contributed by atoms with Crippen LogP contribution < -0.4 is 9.62 Å². The van der Waals surface area contributed by atoms with E-state index >= 15 is 0 Å². The zero-order chi connectivity index (χ0) is 31.4. The molecule has 1 aliphatic carbocycles. The minimum atomic E-state index is -4.73. The highest BCUT2D eigenvalue weighted by Crippen LogP contribution is 2.33. The lowest BCUT2D eigenvalue weighted by molar-refractivity contribution is -0.139. The highest BCUT2D eigenvalue weighted by Gasteiger charge is 2.35. The van der Waals surface area contributed by atoms with Crippen LogP contribution in [0.5, 0.6) is 0 Å². The standard InChI is InChI=1S/C32H36F3N3O4S/c1-22-11-15-25(16-12-22)20-37(24(3)31(40)36-27-8-4-5-9-27)30(39)21-38(28-10-6-7-26(19-28)32(33,34)35)43(41,42)29-17-13-23(2)14-18-29/h6-7,10-19,24,27H,4-5,8-9,20-21H2,1-3H3,(H,36,40). The molecule has 1 unspecified atom stereocenters. The Bertz CT molecular complexity index is 1540. The molecule has 0 radical (unpaired) electrons. The normalized spacial score (nSPS) is 14.7. The van der Waals surface area contributed by atoms with Gasteiger partial charge in [0, 0.05) is 12.6 Å². The van der Waals surface area contributed by atoms with Crippen LogP contribution in [0.3, 0.4) is 0 Å². The number of carbonyl (C=O) groups is 2. The second-order valence-electron chi connectivity index (χ2n) is 11.0. The third kappa shape index (κ3) is 7.95. The largest absolute Gasteiger partial charge is 0.416 e. The predicted octanol–water partition coefficient (Wildman–Crippen LogP) is 5.99. The Morgan fingerprint density at radius 3 is 2.09 bits per heavy atom. The molecule has 43 heavy (non-hydrogen) atoms. The average Bonchev–Trinajstić information content (AvgIpc) is 3.48. The second kappa shape index (κ2) is 13.2. The lowest BCUT2D eigenvalue weighted by Gasteiger charge is -2.32. The fourth-order valence-corrected chi connectivity index (χ4v) is 6.47. The Hall–Kier alpha value is -3.86. The van der Waals surface area contributed by atoms with Crippen LogP contribution in [-0.2, 0) is 32.3 Å². The highest BCUT2D eigenvalue weighted by molar-refractivity contribution is 7.92. The number of amides is 2. The van der Waals surface area contributed by atoms with Crippen molar-refractivity contribution in [3.05, 3.63) is 95.1 Å². The van der Waals surface area contributed by atoms with E-state index in [1.807, 2.05) is 31.2 Å². The maximum atomic E-state index is 14.0. The first-order chi connectivity index (χ1) is 20.3. The number of benzene rings is 3. The van der Waals surface area contributed by atoms with E-state index < -0.39 is 40.3 Å². The molecule has 11 heteroatoms. The summed E-state index contributed by atoms with van der Waals surface area (Å²) in [7, 11) is -4.49. The van der Waals surface area contributed by atoms with Gasteiger partial charge in [-0.15, -0.1) is 0 Å². The van der Waals surface area contributed by atoms with Gasteiger partial charge >= 0.3 is 6.18 Å². The number of anilines is 1. The summed E-state index contributed by atoms with van der Waals surface area (Å²) >= 11 is 0. The number of halogens is 3. The number of sulfonamides is 1. The molecule has 3 aromatic carbocycles.